The van der Waals surface area contributed by atoms with E-state index in [9.17, 15) is 5.11 Å². The molecule has 0 aliphatic rings. The monoisotopic (exact) mass is 662 g/mol. The van der Waals surface area contributed by atoms with Crippen LogP contribution in [0.2, 0.25) is 0 Å². The summed E-state index contributed by atoms with van der Waals surface area (Å²) in [7, 11) is 1.99. The van der Waals surface area contributed by atoms with Gasteiger partial charge in [0.1, 0.15) is 5.82 Å². The lowest BCUT2D eigenvalue weighted by Crippen LogP contribution is -2.11. The molecule has 3 heterocycles. The Morgan fingerprint density at radius 3 is 1.82 bits per heavy atom. The van der Waals surface area contributed by atoms with Gasteiger partial charge in [0.05, 0.1) is 22.3 Å². The number of nitrogens with zero attached hydrogens (tertiary/aromatic N) is 4. The Hall–Kier alpha value is -6.33. The van der Waals surface area contributed by atoms with Crippen LogP contribution >= 0.6 is 0 Å². The van der Waals surface area contributed by atoms with Crippen molar-refractivity contribution >= 4 is 11.0 Å². The average molecular weight is 663 g/mol. The molecule has 1 N–H and O–H groups in total. The molecule has 8 aromatic rings. The summed E-state index contributed by atoms with van der Waals surface area (Å²) in [5.74, 6) is 0.637. The van der Waals surface area contributed by atoms with E-state index in [1.165, 1.54) is 11.1 Å². The van der Waals surface area contributed by atoms with Gasteiger partial charge < -0.3 is 9.67 Å². The predicted octanol–water partition coefficient (Wildman–Crippen LogP) is 11.4. The summed E-state index contributed by atoms with van der Waals surface area (Å²) in [6.45, 7) is 6.42. The fourth-order valence-corrected chi connectivity index (χ4v) is 6.70. The highest BCUT2D eigenvalue weighted by Crippen LogP contribution is 2.39. The SMILES string of the molecule is Cn1c(-c2cc(C(C)(C)C)cnc2O)nc2c(-c3cc(-c4ccccc4)cc(-c4cc(-c5ccc(-c6ccccc6)cc5)ccn4)c3)cccc21. The number of para-hydroxylation sites is 1. The highest BCUT2D eigenvalue weighted by atomic mass is 16.3. The number of aryl methyl sites for hydroxylation is 1. The van der Waals surface area contributed by atoms with Gasteiger partial charge in [-0.15, -0.1) is 0 Å². The molecule has 5 heteroatoms. The van der Waals surface area contributed by atoms with E-state index in [1.807, 2.05) is 36.0 Å². The number of aromatic hydroxyl groups is 1. The maximum absolute atomic E-state index is 10.9. The number of pyridine rings is 2. The predicted molar refractivity (Wildman–Crippen MR) is 209 cm³/mol. The highest BCUT2D eigenvalue weighted by molar-refractivity contribution is 5.96. The van der Waals surface area contributed by atoms with Gasteiger partial charge in [0, 0.05) is 30.6 Å². The zero-order valence-corrected chi connectivity index (χ0v) is 29.2. The van der Waals surface area contributed by atoms with E-state index in [0.717, 1.165) is 61.2 Å². The van der Waals surface area contributed by atoms with E-state index in [0.29, 0.717) is 11.4 Å². The summed E-state index contributed by atoms with van der Waals surface area (Å²) >= 11 is 0. The maximum Gasteiger partial charge on any atom is 0.222 e. The molecule has 0 bridgehead atoms. The fourth-order valence-electron chi connectivity index (χ4n) is 6.70. The first kappa shape index (κ1) is 31.9. The Morgan fingerprint density at radius 2 is 1.14 bits per heavy atom. The lowest BCUT2D eigenvalue weighted by atomic mass is 9.87. The fraction of sp³-hybridized carbons (Fsp3) is 0.109. The van der Waals surface area contributed by atoms with Gasteiger partial charge in [-0.25, -0.2) is 9.97 Å². The molecule has 0 spiro atoms. The number of hydrogen-bond donors (Lipinski definition) is 1. The Labute approximate surface area is 298 Å². The third-order valence-corrected chi connectivity index (χ3v) is 9.62. The minimum Gasteiger partial charge on any atom is -0.493 e. The number of imidazole rings is 1. The Bertz CT molecular complexity index is 2510. The molecule has 0 atom stereocenters. The van der Waals surface area contributed by atoms with Crippen LogP contribution in [0.25, 0.3) is 78.2 Å². The van der Waals surface area contributed by atoms with Crippen LogP contribution in [0.15, 0.2) is 152 Å². The number of hydrogen-bond acceptors (Lipinski definition) is 4. The molecular formula is C46H38N4O. The second-order valence-corrected chi connectivity index (χ2v) is 14.1. The van der Waals surface area contributed by atoms with Crippen LogP contribution in [0.1, 0.15) is 26.3 Å². The number of fused-ring (bicyclic) bond motifs is 1. The van der Waals surface area contributed by atoms with Crippen molar-refractivity contribution in [2.75, 3.05) is 0 Å². The molecule has 51 heavy (non-hydrogen) atoms. The van der Waals surface area contributed by atoms with Crippen molar-refractivity contribution in [1.29, 1.82) is 0 Å². The molecule has 8 rings (SSSR count). The molecule has 5 aromatic carbocycles. The number of aromatic nitrogens is 4. The molecule has 0 amide bonds. The minimum atomic E-state index is -0.129. The number of benzene rings is 5. The molecule has 0 aliphatic carbocycles. The summed E-state index contributed by atoms with van der Waals surface area (Å²) in [6.07, 6.45) is 3.63. The van der Waals surface area contributed by atoms with E-state index in [4.69, 9.17) is 9.97 Å². The zero-order valence-electron chi connectivity index (χ0n) is 29.2. The van der Waals surface area contributed by atoms with Crippen molar-refractivity contribution < 1.29 is 5.11 Å². The van der Waals surface area contributed by atoms with Gasteiger partial charge in [-0.1, -0.05) is 118 Å². The normalized spacial score (nSPS) is 11.6. The van der Waals surface area contributed by atoms with Gasteiger partial charge in [0.25, 0.3) is 0 Å². The van der Waals surface area contributed by atoms with Crippen LogP contribution in [0.5, 0.6) is 5.88 Å². The van der Waals surface area contributed by atoms with Crippen LogP contribution in [0.4, 0.5) is 0 Å². The molecular weight excluding hydrogens is 625 g/mol. The maximum atomic E-state index is 10.9. The molecule has 0 aliphatic heterocycles. The van der Waals surface area contributed by atoms with Gasteiger partial charge >= 0.3 is 0 Å². The van der Waals surface area contributed by atoms with Crippen LogP contribution in [-0.4, -0.2) is 24.6 Å². The van der Waals surface area contributed by atoms with Crippen LogP contribution in [0.3, 0.4) is 0 Å². The molecule has 5 nitrogen and oxygen atoms in total. The summed E-state index contributed by atoms with van der Waals surface area (Å²) in [5.41, 5.74) is 14.1. The summed E-state index contributed by atoms with van der Waals surface area (Å²) < 4.78 is 2.04. The van der Waals surface area contributed by atoms with E-state index in [1.54, 1.807) is 6.20 Å². The van der Waals surface area contributed by atoms with Crippen molar-refractivity contribution in [2.24, 2.45) is 7.05 Å². The summed E-state index contributed by atoms with van der Waals surface area (Å²) in [5, 5.41) is 10.9. The Morgan fingerprint density at radius 1 is 0.529 bits per heavy atom. The van der Waals surface area contributed by atoms with E-state index < -0.39 is 0 Å². The smallest absolute Gasteiger partial charge is 0.222 e. The second kappa shape index (κ2) is 12.8. The van der Waals surface area contributed by atoms with Crippen molar-refractivity contribution in [2.45, 2.75) is 26.2 Å². The van der Waals surface area contributed by atoms with Crippen molar-refractivity contribution in [1.82, 2.24) is 19.5 Å². The average Bonchev–Trinajstić information content (AvgIpc) is 3.51. The van der Waals surface area contributed by atoms with Gasteiger partial charge in [0.2, 0.25) is 5.88 Å². The molecule has 0 saturated carbocycles. The topological polar surface area (TPSA) is 63.8 Å². The van der Waals surface area contributed by atoms with Crippen LogP contribution in [0, 0.1) is 0 Å². The van der Waals surface area contributed by atoms with E-state index in [-0.39, 0.29) is 11.3 Å². The van der Waals surface area contributed by atoms with Gasteiger partial charge in [-0.05, 0) is 92.4 Å². The second-order valence-electron chi connectivity index (χ2n) is 14.1. The van der Waals surface area contributed by atoms with E-state index >= 15 is 0 Å². The molecule has 248 valence electrons. The standard InChI is InChI=1S/C46H38N4O/c1-46(2,3)38-28-40(45(51)48-29-38)44-49-43-39(16-11-17-42(43)50(44)4)36-24-35(31-14-9-6-10-15-31)25-37(26-36)41-27-34(22-23-47-41)33-20-18-32(19-21-33)30-12-7-5-8-13-30/h5-29H,1-4H3,(H,48,51). The Balaban J connectivity index is 1.25. The van der Waals surface area contributed by atoms with Crippen molar-refractivity contribution in [3.05, 3.63) is 157 Å². The quantitative estimate of drug-likeness (QED) is 0.192. The molecule has 0 unspecified atom stereocenters. The van der Waals surface area contributed by atoms with Crippen LogP contribution in [-0.2, 0) is 12.5 Å². The largest absolute Gasteiger partial charge is 0.493 e. The summed E-state index contributed by atoms with van der Waals surface area (Å²) in [6, 6.07) is 48.8. The van der Waals surface area contributed by atoms with Crippen molar-refractivity contribution in [3.63, 3.8) is 0 Å². The van der Waals surface area contributed by atoms with Gasteiger partial charge in [0.15, 0.2) is 0 Å². The summed E-state index contributed by atoms with van der Waals surface area (Å²) in [4.78, 5) is 14.4. The molecule has 0 fully saturated rings. The molecule has 0 radical (unpaired) electrons. The number of rotatable bonds is 6. The van der Waals surface area contributed by atoms with Gasteiger partial charge in [-0.2, -0.15) is 0 Å². The Kier molecular flexibility index (Phi) is 8.04. The third kappa shape index (κ3) is 6.19. The van der Waals surface area contributed by atoms with Crippen LogP contribution < -0.4 is 0 Å². The van der Waals surface area contributed by atoms with E-state index in [2.05, 4.69) is 147 Å². The first-order valence-corrected chi connectivity index (χ1v) is 17.2. The zero-order chi connectivity index (χ0) is 35.1. The van der Waals surface area contributed by atoms with Crippen molar-refractivity contribution in [3.8, 4) is 73.0 Å². The third-order valence-electron chi connectivity index (χ3n) is 9.62. The molecule has 3 aromatic heterocycles. The highest BCUT2D eigenvalue weighted by Gasteiger charge is 2.22. The lowest BCUT2D eigenvalue weighted by molar-refractivity contribution is 0.453. The van der Waals surface area contributed by atoms with Gasteiger partial charge in [-0.3, -0.25) is 4.98 Å². The minimum absolute atomic E-state index is 0.0306. The first-order chi connectivity index (χ1) is 24.7. The first-order valence-electron chi connectivity index (χ1n) is 17.2. The molecule has 0 saturated heterocycles. The lowest BCUT2D eigenvalue weighted by Gasteiger charge is -2.19.